The van der Waals surface area contributed by atoms with Crippen LogP contribution in [0.1, 0.15) is 11.6 Å². The maximum absolute atomic E-state index is 9.53. The van der Waals surface area contributed by atoms with Crippen molar-refractivity contribution in [2.24, 2.45) is 5.73 Å². The summed E-state index contributed by atoms with van der Waals surface area (Å²) < 4.78 is 4.87. The summed E-state index contributed by atoms with van der Waals surface area (Å²) in [5.41, 5.74) is 5.82. The van der Waals surface area contributed by atoms with Gasteiger partial charge in [-0.25, -0.2) is 0 Å². The fourth-order valence-corrected chi connectivity index (χ4v) is 1.02. The molecule has 1 aromatic carbocycles. The molecule has 0 amide bonds. The molecule has 1 atom stereocenters. The first-order valence-electron chi connectivity index (χ1n) is 3.71. The van der Waals surface area contributed by atoms with Gasteiger partial charge in [0.15, 0.2) is 11.5 Å². The number of hydrogen-bond donors (Lipinski definition) is 2. The quantitative estimate of drug-likeness (QED) is 0.705. The molecule has 0 aliphatic carbocycles. The smallest absolute Gasteiger partial charge is 0.163 e. The van der Waals surface area contributed by atoms with Gasteiger partial charge >= 0.3 is 0 Å². The minimum Gasteiger partial charge on any atom is -0.504 e. The molecule has 4 nitrogen and oxygen atoms in total. The van der Waals surface area contributed by atoms with E-state index in [1.807, 2.05) is 6.07 Å². The largest absolute Gasteiger partial charge is 0.504 e. The highest BCUT2D eigenvalue weighted by molar-refractivity contribution is 5.48. The molecule has 13 heavy (non-hydrogen) atoms. The third kappa shape index (κ3) is 1.71. The number of hydrogen-bond acceptors (Lipinski definition) is 4. The number of aromatic hydroxyl groups is 1. The van der Waals surface area contributed by atoms with Crippen LogP contribution in [0.25, 0.3) is 0 Å². The monoisotopic (exact) mass is 178 g/mol. The van der Waals surface area contributed by atoms with Crippen LogP contribution in [-0.4, -0.2) is 12.2 Å². The maximum Gasteiger partial charge on any atom is 0.163 e. The van der Waals surface area contributed by atoms with Gasteiger partial charge in [-0.2, -0.15) is 5.26 Å². The van der Waals surface area contributed by atoms with Gasteiger partial charge in [0, 0.05) is 5.56 Å². The van der Waals surface area contributed by atoms with Crippen molar-refractivity contribution in [2.75, 3.05) is 7.11 Å². The number of nitriles is 1. The fraction of sp³-hybridized carbons (Fsp3) is 0.222. The predicted octanol–water partition coefficient (Wildman–Crippen LogP) is 0.924. The summed E-state index contributed by atoms with van der Waals surface area (Å²) >= 11 is 0. The standard InChI is InChI=1S/C9H10N2O2/c1-13-8-4-2-3-6(9(8)12)7(11)5-10/h2-4,7,12H,11H2,1H3/t7-/m0/s1. The Hall–Kier alpha value is -1.73. The van der Waals surface area contributed by atoms with Gasteiger partial charge in [-0.05, 0) is 6.07 Å². The van der Waals surface area contributed by atoms with Crippen molar-refractivity contribution in [2.45, 2.75) is 6.04 Å². The maximum atomic E-state index is 9.53. The van der Waals surface area contributed by atoms with E-state index in [0.717, 1.165) is 0 Å². The molecule has 0 fully saturated rings. The topological polar surface area (TPSA) is 79.3 Å². The molecular weight excluding hydrogens is 168 g/mol. The van der Waals surface area contributed by atoms with Crippen molar-refractivity contribution in [1.29, 1.82) is 5.26 Å². The number of ether oxygens (including phenoxy) is 1. The van der Waals surface area contributed by atoms with E-state index in [4.69, 9.17) is 15.7 Å². The molecule has 0 radical (unpaired) electrons. The number of nitrogens with zero attached hydrogens (tertiary/aromatic N) is 1. The molecule has 0 heterocycles. The zero-order chi connectivity index (χ0) is 9.84. The summed E-state index contributed by atoms with van der Waals surface area (Å²) in [5, 5.41) is 18.1. The highest BCUT2D eigenvalue weighted by Gasteiger charge is 2.12. The van der Waals surface area contributed by atoms with E-state index in [1.54, 1.807) is 18.2 Å². The number of phenolic OH excluding ortho intramolecular Hbond substituents is 1. The van der Waals surface area contributed by atoms with Gasteiger partial charge in [-0.1, -0.05) is 12.1 Å². The lowest BCUT2D eigenvalue weighted by molar-refractivity contribution is 0.370. The van der Waals surface area contributed by atoms with E-state index in [9.17, 15) is 5.11 Å². The third-order valence-corrected chi connectivity index (χ3v) is 1.72. The third-order valence-electron chi connectivity index (χ3n) is 1.72. The van der Waals surface area contributed by atoms with Crippen LogP contribution in [-0.2, 0) is 0 Å². The summed E-state index contributed by atoms with van der Waals surface area (Å²) in [6, 6.07) is 5.87. The average Bonchev–Trinajstić information content (AvgIpc) is 2.17. The van der Waals surface area contributed by atoms with Crippen LogP contribution in [0.5, 0.6) is 11.5 Å². The Labute approximate surface area is 76.2 Å². The van der Waals surface area contributed by atoms with Gasteiger partial charge in [0.25, 0.3) is 0 Å². The van der Waals surface area contributed by atoms with Crippen LogP contribution in [0, 0.1) is 11.3 Å². The van der Waals surface area contributed by atoms with E-state index in [2.05, 4.69) is 0 Å². The molecule has 3 N–H and O–H groups in total. The van der Waals surface area contributed by atoms with Crippen molar-refractivity contribution in [3.8, 4) is 17.6 Å². The first-order valence-corrected chi connectivity index (χ1v) is 3.71. The minimum atomic E-state index is -0.824. The van der Waals surface area contributed by atoms with Gasteiger partial charge < -0.3 is 15.6 Å². The minimum absolute atomic E-state index is 0.0703. The van der Waals surface area contributed by atoms with Crippen LogP contribution >= 0.6 is 0 Å². The Morgan fingerprint density at radius 3 is 2.85 bits per heavy atom. The summed E-state index contributed by atoms with van der Waals surface area (Å²) in [7, 11) is 1.44. The zero-order valence-electron chi connectivity index (χ0n) is 7.19. The number of rotatable bonds is 2. The van der Waals surface area contributed by atoms with Crippen LogP contribution in [0.3, 0.4) is 0 Å². The highest BCUT2D eigenvalue weighted by atomic mass is 16.5. The van der Waals surface area contributed by atoms with Gasteiger partial charge in [0.05, 0.1) is 13.2 Å². The molecule has 68 valence electrons. The van der Waals surface area contributed by atoms with Crippen LogP contribution in [0.15, 0.2) is 18.2 Å². The van der Waals surface area contributed by atoms with E-state index in [-0.39, 0.29) is 5.75 Å². The first-order chi connectivity index (χ1) is 6.20. The van der Waals surface area contributed by atoms with Crippen molar-refractivity contribution in [3.63, 3.8) is 0 Å². The molecule has 0 saturated carbocycles. The molecule has 0 aliphatic heterocycles. The lowest BCUT2D eigenvalue weighted by atomic mass is 10.1. The molecule has 0 aromatic heterocycles. The second-order valence-corrected chi connectivity index (χ2v) is 2.50. The van der Waals surface area contributed by atoms with Crippen LogP contribution < -0.4 is 10.5 Å². The summed E-state index contributed by atoms with van der Waals surface area (Å²) in [6.45, 7) is 0. The lowest BCUT2D eigenvalue weighted by Gasteiger charge is -2.09. The normalized spacial score (nSPS) is 11.8. The van der Waals surface area contributed by atoms with Crippen molar-refractivity contribution in [1.82, 2.24) is 0 Å². The summed E-state index contributed by atoms with van der Waals surface area (Å²) in [6.07, 6.45) is 0. The molecule has 0 spiro atoms. The second kappa shape index (κ2) is 3.78. The number of methoxy groups -OCH3 is 1. The molecule has 0 saturated heterocycles. The molecule has 4 heteroatoms. The number of phenols is 1. The SMILES string of the molecule is COc1cccc([C@@H](N)C#N)c1O. The van der Waals surface area contributed by atoms with E-state index < -0.39 is 6.04 Å². The molecule has 0 aliphatic rings. The number of para-hydroxylation sites is 1. The number of benzene rings is 1. The molecular formula is C9H10N2O2. The summed E-state index contributed by atoms with van der Waals surface area (Å²) in [5.74, 6) is 0.252. The van der Waals surface area contributed by atoms with E-state index >= 15 is 0 Å². The van der Waals surface area contributed by atoms with Crippen molar-refractivity contribution in [3.05, 3.63) is 23.8 Å². The molecule has 1 aromatic rings. The number of nitrogens with two attached hydrogens (primary N) is 1. The molecule has 0 bridgehead atoms. The highest BCUT2D eigenvalue weighted by Crippen LogP contribution is 2.32. The van der Waals surface area contributed by atoms with Crippen LogP contribution in [0.2, 0.25) is 0 Å². The van der Waals surface area contributed by atoms with Gasteiger partial charge in [-0.3, -0.25) is 0 Å². The summed E-state index contributed by atoms with van der Waals surface area (Å²) in [4.78, 5) is 0. The van der Waals surface area contributed by atoms with Gasteiger partial charge in [0.1, 0.15) is 6.04 Å². The fourth-order valence-electron chi connectivity index (χ4n) is 1.02. The Bertz CT molecular complexity index is 344. The second-order valence-electron chi connectivity index (χ2n) is 2.50. The Morgan fingerprint density at radius 1 is 1.62 bits per heavy atom. The Balaban J connectivity index is 3.17. The van der Waals surface area contributed by atoms with E-state index in [1.165, 1.54) is 7.11 Å². The molecule has 1 rings (SSSR count). The first kappa shape index (κ1) is 9.36. The predicted molar refractivity (Wildman–Crippen MR) is 47.2 cm³/mol. The van der Waals surface area contributed by atoms with Gasteiger partial charge in [0.2, 0.25) is 0 Å². The van der Waals surface area contributed by atoms with Gasteiger partial charge in [-0.15, -0.1) is 0 Å². The lowest BCUT2D eigenvalue weighted by Crippen LogP contribution is -2.07. The average molecular weight is 178 g/mol. The van der Waals surface area contributed by atoms with Crippen LogP contribution in [0.4, 0.5) is 0 Å². The van der Waals surface area contributed by atoms with E-state index in [0.29, 0.717) is 11.3 Å². The van der Waals surface area contributed by atoms with Crippen molar-refractivity contribution >= 4 is 0 Å². The zero-order valence-corrected chi connectivity index (χ0v) is 7.19. The Morgan fingerprint density at radius 2 is 2.31 bits per heavy atom. The Kier molecular flexibility index (Phi) is 2.72. The molecule has 0 unspecified atom stereocenters. The van der Waals surface area contributed by atoms with Crippen molar-refractivity contribution < 1.29 is 9.84 Å².